The standard InChI is InChI=1S/C31H41N3O3/c1-17(2)9-27-26(16-32-31(36)37)29(22-7-5-18(3)6-8-22)25(19(4)33-27)15-28(35)34-30-23-11-20-10-21(13-23)14-24(30)12-20/h5-8,17,20-21,23-24,30,32H,9-16H2,1-4H3,(H,34,35)(H,36,37). The van der Waals surface area contributed by atoms with Gasteiger partial charge in [0.15, 0.2) is 0 Å². The molecule has 4 aliphatic carbocycles. The van der Waals surface area contributed by atoms with Gasteiger partial charge in [0.25, 0.3) is 0 Å². The summed E-state index contributed by atoms with van der Waals surface area (Å²) in [5.74, 6) is 3.41. The van der Waals surface area contributed by atoms with Gasteiger partial charge in [0.1, 0.15) is 0 Å². The van der Waals surface area contributed by atoms with Crippen LogP contribution in [0.5, 0.6) is 0 Å². The van der Waals surface area contributed by atoms with Crippen LogP contribution in [0.2, 0.25) is 0 Å². The Morgan fingerprint density at radius 3 is 2.16 bits per heavy atom. The van der Waals surface area contributed by atoms with Crippen molar-refractivity contribution in [2.24, 2.45) is 29.6 Å². The average molecular weight is 504 g/mol. The molecule has 1 aromatic carbocycles. The summed E-state index contributed by atoms with van der Waals surface area (Å²) in [6.45, 7) is 8.49. The van der Waals surface area contributed by atoms with Gasteiger partial charge >= 0.3 is 6.09 Å². The highest BCUT2D eigenvalue weighted by Crippen LogP contribution is 2.53. The summed E-state index contributed by atoms with van der Waals surface area (Å²) in [5, 5.41) is 15.4. The van der Waals surface area contributed by atoms with Crippen LogP contribution in [0.4, 0.5) is 4.79 Å². The maximum atomic E-state index is 13.6. The van der Waals surface area contributed by atoms with Crippen molar-refractivity contribution >= 4 is 12.0 Å². The summed E-state index contributed by atoms with van der Waals surface area (Å²) >= 11 is 0. The summed E-state index contributed by atoms with van der Waals surface area (Å²) in [4.78, 5) is 30.0. The number of hydrogen-bond donors (Lipinski definition) is 3. The number of aryl methyl sites for hydroxylation is 2. The highest BCUT2D eigenvalue weighted by molar-refractivity contribution is 5.84. The number of nitrogens with one attached hydrogen (secondary N) is 2. The third-order valence-corrected chi connectivity index (χ3v) is 8.94. The van der Waals surface area contributed by atoms with E-state index >= 15 is 0 Å². The second-order valence-corrected chi connectivity index (χ2v) is 12.3. The lowest BCUT2D eigenvalue weighted by atomic mass is 9.54. The van der Waals surface area contributed by atoms with Gasteiger partial charge in [0.2, 0.25) is 5.91 Å². The van der Waals surface area contributed by atoms with Crippen molar-refractivity contribution in [2.75, 3.05) is 0 Å². The molecule has 4 aliphatic rings. The van der Waals surface area contributed by atoms with Crippen LogP contribution in [0.25, 0.3) is 11.1 Å². The van der Waals surface area contributed by atoms with E-state index in [-0.39, 0.29) is 18.9 Å². The van der Waals surface area contributed by atoms with Gasteiger partial charge in [-0.3, -0.25) is 9.78 Å². The Bertz CT molecular complexity index is 1140. The van der Waals surface area contributed by atoms with Crippen molar-refractivity contribution in [1.82, 2.24) is 15.6 Å². The Hall–Kier alpha value is -2.89. The lowest BCUT2D eigenvalue weighted by molar-refractivity contribution is -0.124. The highest BCUT2D eigenvalue weighted by Gasteiger charge is 2.48. The van der Waals surface area contributed by atoms with E-state index in [4.69, 9.17) is 4.98 Å². The fraction of sp³-hybridized carbons (Fsp3) is 0.581. The zero-order chi connectivity index (χ0) is 26.3. The summed E-state index contributed by atoms with van der Waals surface area (Å²) in [6.07, 6.45) is 6.40. The van der Waals surface area contributed by atoms with Crippen LogP contribution >= 0.6 is 0 Å². The first-order valence-corrected chi connectivity index (χ1v) is 14.0. The minimum absolute atomic E-state index is 0.0597. The minimum Gasteiger partial charge on any atom is -0.465 e. The molecule has 198 valence electrons. The van der Waals surface area contributed by atoms with E-state index < -0.39 is 6.09 Å². The Kier molecular flexibility index (Phi) is 7.28. The fourth-order valence-corrected chi connectivity index (χ4v) is 7.60. The second-order valence-electron chi connectivity index (χ2n) is 12.3. The number of aromatic nitrogens is 1. The molecule has 6 heteroatoms. The van der Waals surface area contributed by atoms with E-state index in [9.17, 15) is 14.7 Å². The van der Waals surface area contributed by atoms with Crippen LogP contribution in [0.3, 0.4) is 0 Å². The number of carbonyl (C=O) groups excluding carboxylic acids is 1. The van der Waals surface area contributed by atoms with Crippen molar-refractivity contribution < 1.29 is 14.7 Å². The third-order valence-electron chi connectivity index (χ3n) is 8.94. The lowest BCUT2D eigenvalue weighted by Gasteiger charge is -2.54. The number of amides is 2. The molecule has 1 aromatic heterocycles. The predicted molar refractivity (Wildman–Crippen MR) is 145 cm³/mol. The van der Waals surface area contributed by atoms with Gasteiger partial charge in [-0.1, -0.05) is 43.7 Å². The molecule has 0 atom stereocenters. The Morgan fingerprint density at radius 2 is 1.59 bits per heavy atom. The van der Waals surface area contributed by atoms with Gasteiger partial charge in [-0.15, -0.1) is 0 Å². The Labute approximate surface area is 220 Å². The van der Waals surface area contributed by atoms with Crippen LogP contribution in [-0.4, -0.2) is 28.1 Å². The van der Waals surface area contributed by atoms with E-state index in [0.717, 1.165) is 57.5 Å². The molecule has 1 heterocycles. The number of carbonyl (C=O) groups is 2. The SMILES string of the molecule is Cc1ccc(-c2c(CC(=O)NC3C4CC5CC(C4)CC3C5)c(C)nc(CC(C)C)c2CNC(=O)O)cc1. The number of carboxylic acid groups (broad SMARTS) is 1. The topological polar surface area (TPSA) is 91.3 Å². The monoisotopic (exact) mass is 503 g/mol. The van der Waals surface area contributed by atoms with Gasteiger partial charge in [-0.25, -0.2) is 4.79 Å². The van der Waals surface area contributed by atoms with Crippen molar-refractivity contribution in [3.63, 3.8) is 0 Å². The predicted octanol–water partition coefficient (Wildman–Crippen LogP) is 5.81. The quantitative estimate of drug-likeness (QED) is 0.424. The smallest absolute Gasteiger partial charge is 0.404 e. The lowest BCUT2D eigenvalue weighted by Crippen LogP contribution is -2.56. The van der Waals surface area contributed by atoms with E-state index in [1.807, 2.05) is 6.92 Å². The molecule has 2 amide bonds. The second kappa shape index (κ2) is 10.5. The van der Waals surface area contributed by atoms with Gasteiger partial charge < -0.3 is 15.7 Å². The van der Waals surface area contributed by atoms with Crippen LogP contribution < -0.4 is 10.6 Å². The zero-order valence-electron chi connectivity index (χ0n) is 22.6. The largest absolute Gasteiger partial charge is 0.465 e. The molecular weight excluding hydrogens is 462 g/mol. The molecule has 6 nitrogen and oxygen atoms in total. The van der Waals surface area contributed by atoms with Crippen molar-refractivity contribution in [1.29, 1.82) is 0 Å². The molecule has 2 aromatic rings. The molecule has 4 fully saturated rings. The maximum Gasteiger partial charge on any atom is 0.404 e. The molecule has 0 radical (unpaired) electrons. The molecule has 6 rings (SSSR count). The Morgan fingerprint density at radius 1 is 0.973 bits per heavy atom. The van der Waals surface area contributed by atoms with Crippen LogP contribution in [0.1, 0.15) is 74.0 Å². The summed E-state index contributed by atoms with van der Waals surface area (Å²) < 4.78 is 0. The molecule has 0 aliphatic heterocycles. The molecule has 4 saturated carbocycles. The van der Waals surface area contributed by atoms with Crippen LogP contribution in [0.15, 0.2) is 24.3 Å². The van der Waals surface area contributed by atoms with Gasteiger partial charge in [0.05, 0.1) is 6.42 Å². The average Bonchev–Trinajstić information content (AvgIpc) is 2.82. The Balaban J connectivity index is 1.49. The molecule has 37 heavy (non-hydrogen) atoms. The van der Waals surface area contributed by atoms with E-state index in [1.165, 1.54) is 32.1 Å². The van der Waals surface area contributed by atoms with E-state index in [1.54, 1.807) is 0 Å². The van der Waals surface area contributed by atoms with Crippen LogP contribution in [-0.2, 0) is 24.2 Å². The molecule has 0 spiro atoms. The third kappa shape index (κ3) is 5.53. The van der Waals surface area contributed by atoms with Crippen molar-refractivity contribution in [3.05, 3.63) is 52.3 Å². The summed E-state index contributed by atoms with van der Waals surface area (Å²) in [7, 11) is 0. The number of benzene rings is 1. The zero-order valence-corrected chi connectivity index (χ0v) is 22.6. The van der Waals surface area contributed by atoms with Gasteiger partial charge in [0, 0.05) is 29.5 Å². The summed E-state index contributed by atoms with van der Waals surface area (Å²) in [5.41, 5.74) is 6.65. The normalized spacial score (nSPS) is 25.9. The first kappa shape index (κ1) is 25.7. The van der Waals surface area contributed by atoms with E-state index in [0.29, 0.717) is 23.8 Å². The molecule has 0 unspecified atom stereocenters. The summed E-state index contributed by atoms with van der Waals surface area (Å²) in [6, 6.07) is 8.59. The van der Waals surface area contributed by atoms with Crippen molar-refractivity contribution in [3.8, 4) is 11.1 Å². The first-order chi connectivity index (χ1) is 17.7. The minimum atomic E-state index is -1.06. The van der Waals surface area contributed by atoms with E-state index in [2.05, 4.69) is 55.7 Å². The van der Waals surface area contributed by atoms with Gasteiger partial charge in [-0.2, -0.15) is 0 Å². The molecule has 0 saturated heterocycles. The number of rotatable bonds is 8. The maximum absolute atomic E-state index is 13.6. The highest BCUT2D eigenvalue weighted by atomic mass is 16.4. The first-order valence-electron chi connectivity index (χ1n) is 14.0. The molecule has 4 bridgehead atoms. The molecule has 3 N–H and O–H groups in total. The number of hydrogen-bond acceptors (Lipinski definition) is 3. The number of nitrogens with zero attached hydrogens (tertiary/aromatic N) is 1. The van der Waals surface area contributed by atoms with Crippen molar-refractivity contribution in [2.45, 2.75) is 85.2 Å². The number of pyridine rings is 1. The van der Waals surface area contributed by atoms with Gasteiger partial charge in [-0.05, 0) is 98.7 Å². The molecular formula is C31H41N3O3. The van der Waals surface area contributed by atoms with Crippen LogP contribution in [0, 0.1) is 43.4 Å². The fourth-order valence-electron chi connectivity index (χ4n) is 7.60.